The minimum atomic E-state index is -0.129. The molecule has 0 fully saturated rings. The van der Waals surface area contributed by atoms with E-state index in [0.29, 0.717) is 0 Å². The van der Waals surface area contributed by atoms with E-state index in [4.69, 9.17) is 4.42 Å². The molecule has 1 aliphatic carbocycles. The molecule has 47 heavy (non-hydrogen) atoms. The minimum Gasteiger partial charge on any atom is -0.456 e. The molecule has 0 bridgehead atoms. The third kappa shape index (κ3) is 3.20. The number of rotatable bonds is 2. The monoisotopic (exact) mass is 599 g/mol. The summed E-state index contributed by atoms with van der Waals surface area (Å²) < 4.78 is 8.76. The zero-order chi connectivity index (χ0) is 31.0. The van der Waals surface area contributed by atoms with Crippen molar-refractivity contribution in [2.24, 2.45) is 0 Å². The first-order valence-corrected chi connectivity index (χ1v) is 16.4. The summed E-state index contributed by atoms with van der Waals surface area (Å²) in [5, 5.41) is 11.5. The second kappa shape index (κ2) is 8.69. The smallest absolute Gasteiger partial charge is 0.135 e. The van der Waals surface area contributed by atoms with Crippen molar-refractivity contribution in [2.75, 3.05) is 0 Å². The molecule has 2 nitrogen and oxygen atoms in total. The Kier molecular flexibility index (Phi) is 4.68. The van der Waals surface area contributed by atoms with Gasteiger partial charge in [-0.15, -0.1) is 0 Å². The fraction of sp³-hybridized carbons (Fsp3) is 0.0667. The number of nitrogens with zero attached hydrogens (tertiary/aromatic N) is 1. The number of aromatic nitrogens is 1. The second-order valence-electron chi connectivity index (χ2n) is 13.7. The van der Waals surface area contributed by atoms with Crippen molar-refractivity contribution in [1.82, 2.24) is 4.57 Å². The molecule has 10 aromatic rings. The molecule has 8 aromatic carbocycles. The summed E-state index contributed by atoms with van der Waals surface area (Å²) in [6.45, 7) is 4.76. The van der Waals surface area contributed by atoms with Crippen LogP contribution in [0.3, 0.4) is 0 Å². The molecule has 0 radical (unpaired) electrons. The predicted octanol–water partition coefficient (Wildman–Crippen LogP) is 12.4. The number of hydrogen-bond donors (Lipinski definition) is 0. The second-order valence-corrected chi connectivity index (χ2v) is 13.7. The molecule has 2 heteroatoms. The first-order valence-electron chi connectivity index (χ1n) is 16.4. The Bertz CT molecular complexity index is 2920. The molecule has 220 valence electrons. The Hall–Kier alpha value is -5.86. The van der Waals surface area contributed by atoms with E-state index in [-0.39, 0.29) is 5.41 Å². The quantitative estimate of drug-likeness (QED) is 0.181. The topological polar surface area (TPSA) is 18.1 Å². The van der Waals surface area contributed by atoms with Crippen molar-refractivity contribution in [3.05, 3.63) is 151 Å². The minimum absolute atomic E-state index is 0.129. The average molecular weight is 600 g/mol. The van der Waals surface area contributed by atoms with Crippen LogP contribution >= 0.6 is 0 Å². The van der Waals surface area contributed by atoms with E-state index in [1.165, 1.54) is 76.7 Å². The first-order chi connectivity index (χ1) is 23.1. The highest BCUT2D eigenvalue weighted by Gasteiger charge is 2.40. The van der Waals surface area contributed by atoms with Gasteiger partial charge in [0.2, 0.25) is 0 Å². The van der Waals surface area contributed by atoms with E-state index >= 15 is 0 Å². The third-order valence-electron chi connectivity index (χ3n) is 10.9. The van der Waals surface area contributed by atoms with Crippen LogP contribution in [0.25, 0.3) is 93.2 Å². The lowest BCUT2D eigenvalue weighted by molar-refractivity contribution is 0.666. The summed E-state index contributed by atoms with van der Waals surface area (Å²) in [4.78, 5) is 0. The first kappa shape index (κ1) is 25.3. The molecule has 0 unspecified atom stereocenters. The fourth-order valence-corrected chi connectivity index (χ4v) is 8.82. The summed E-state index contributed by atoms with van der Waals surface area (Å²) in [6.07, 6.45) is 0. The highest BCUT2D eigenvalue weighted by Crippen LogP contribution is 2.54. The SMILES string of the molecule is CC1(C)c2ccccc2-c2c1c1ccc(-c3ccc4ccc5cccc6ccc3c4c56)cc1n2-c1ccc2oc3ccccc3c2c1. The molecule has 0 N–H and O–H groups in total. The van der Waals surface area contributed by atoms with Crippen molar-refractivity contribution in [2.45, 2.75) is 19.3 Å². The van der Waals surface area contributed by atoms with Gasteiger partial charge in [0.1, 0.15) is 11.2 Å². The van der Waals surface area contributed by atoms with Crippen molar-refractivity contribution < 1.29 is 4.42 Å². The van der Waals surface area contributed by atoms with Crippen LogP contribution in [0.4, 0.5) is 0 Å². The lowest BCUT2D eigenvalue weighted by Crippen LogP contribution is -2.14. The van der Waals surface area contributed by atoms with Gasteiger partial charge in [-0.05, 0) is 84.9 Å². The van der Waals surface area contributed by atoms with Gasteiger partial charge in [-0.1, -0.05) is 123 Å². The highest BCUT2D eigenvalue weighted by atomic mass is 16.3. The van der Waals surface area contributed by atoms with E-state index in [1.54, 1.807) is 0 Å². The molecule has 0 atom stereocenters. The van der Waals surface area contributed by atoms with Crippen LogP contribution in [-0.2, 0) is 5.41 Å². The Morgan fingerprint density at radius 1 is 0.511 bits per heavy atom. The molecule has 11 rings (SSSR count). The number of para-hydroxylation sites is 1. The predicted molar refractivity (Wildman–Crippen MR) is 197 cm³/mol. The van der Waals surface area contributed by atoms with E-state index < -0.39 is 0 Å². The zero-order valence-electron chi connectivity index (χ0n) is 26.1. The van der Waals surface area contributed by atoms with Crippen LogP contribution < -0.4 is 0 Å². The summed E-state index contributed by atoms with van der Waals surface area (Å²) >= 11 is 0. The number of fused-ring (bicyclic) bond motifs is 8. The molecule has 0 saturated carbocycles. The maximum absolute atomic E-state index is 6.25. The summed E-state index contributed by atoms with van der Waals surface area (Å²) in [5.74, 6) is 0. The molecule has 1 aliphatic rings. The molecule has 2 heterocycles. The largest absolute Gasteiger partial charge is 0.456 e. The maximum Gasteiger partial charge on any atom is 0.135 e. The van der Waals surface area contributed by atoms with Gasteiger partial charge >= 0.3 is 0 Å². The van der Waals surface area contributed by atoms with Crippen LogP contribution in [-0.4, -0.2) is 4.57 Å². The van der Waals surface area contributed by atoms with Gasteiger partial charge in [-0.3, -0.25) is 0 Å². The third-order valence-corrected chi connectivity index (χ3v) is 10.9. The van der Waals surface area contributed by atoms with E-state index in [9.17, 15) is 0 Å². The van der Waals surface area contributed by atoms with E-state index in [0.717, 1.165) is 27.6 Å². The summed E-state index contributed by atoms with van der Waals surface area (Å²) in [7, 11) is 0. The lowest BCUT2D eigenvalue weighted by Gasteiger charge is -2.21. The Morgan fingerprint density at radius 2 is 1.23 bits per heavy atom. The van der Waals surface area contributed by atoms with Gasteiger partial charge in [-0.25, -0.2) is 0 Å². The van der Waals surface area contributed by atoms with Gasteiger partial charge < -0.3 is 8.98 Å². The van der Waals surface area contributed by atoms with Crippen molar-refractivity contribution in [3.63, 3.8) is 0 Å². The number of hydrogen-bond acceptors (Lipinski definition) is 1. The van der Waals surface area contributed by atoms with Crippen molar-refractivity contribution >= 4 is 65.2 Å². The van der Waals surface area contributed by atoms with Crippen LogP contribution in [0, 0.1) is 0 Å². The number of benzene rings is 8. The molecule has 0 aliphatic heterocycles. The Labute approximate surface area is 271 Å². The molecular formula is C45H29NO. The molecule has 0 saturated heterocycles. The zero-order valence-corrected chi connectivity index (χ0v) is 26.1. The highest BCUT2D eigenvalue weighted by molar-refractivity contribution is 6.25. The normalized spacial score (nSPS) is 13.9. The van der Waals surface area contributed by atoms with Crippen LogP contribution in [0.15, 0.2) is 144 Å². The lowest BCUT2D eigenvalue weighted by atomic mass is 9.81. The molecule has 2 aromatic heterocycles. The fourth-order valence-electron chi connectivity index (χ4n) is 8.82. The van der Waals surface area contributed by atoms with Gasteiger partial charge in [0.15, 0.2) is 0 Å². The summed E-state index contributed by atoms with van der Waals surface area (Å²) in [5.41, 5.74) is 12.0. The van der Waals surface area contributed by atoms with E-state index in [1.807, 2.05) is 6.07 Å². The van der Waals surface area contributed by atoms with Gasteiger partial charge in [0.05, 0.1) is 11.2 Å². The molecular weight excluding hydrogens is 571 g/mol. The maximum atomic E-state index is 6.25. The van der Waals surface area contributed by atoms with Gasteiger partial charge in [0, 0.05) is 32.8 Å². The van der Waals surface area contributed by atoms with Crippen molar-refractivity contribution in [3.8, 4) is 28.1 Å². The number of furan rings is 1. The van der Waals surface area contributed by atoms with Crippen LogP contribution in [0.5, 0.6) is 0 Å². The van der Waals surface area contributed by atoms with Crippen LogP contribution in [0.2, 0.25) is 0 Å². The summed E-state index contributed by atoms with van der Waals surface area (Å²) in [6, 6.07) is 51.5. The van der Waals surface area contributed by atoms with Gasteiger partial charge in [-0.2, -0.15) is 0 Å². The van der Waals surface area contributed by atoms with Gasteiger partial charge in [0.25, 0.3) is 0 Å². The molecule has 0 spiro atoms. The van der Waals surface area contributed by atoms with Crippen LogP contribution in [0.1, 0.15) is 25.0 Å². The van der Waals surface area contributed by atoms with Crippen molar-refractivity contribution in [1.29, 1.82) is 0 Å². The Balaban J connectivity index is 1.24. The standard InChI is InChI=1S/C45H29NO/c1-45(2)37-12-5-3-11-34(37)44-43(45)35-22-18-29(31-20-16-28-15-14-26-8-7-9-27-17-21-33(31)42(28)41(26)27)24-38(35)46(44)30-19-23-40-36(25-30)32-10-4-6-13-39(32)47-40/h3-25H,1-2H3. The van der Waals surface area contributed by atoms with E-state index in [2.05, 4.69) is 152 Å². The average Bonchev–Trinajstić information content (AvgIpc) is 3.73. The molecule has 0 amide bonds. The Morgan fingerprint density at radius 3 is 2.13 bits per heavy atom.